The molecule has 1 aromatic heterocycles. The van der Waals surface area contributed by atoms with Crippen molar-refractivity contribution >= 4 is 40.8 Å². The van der Waals surface area contributed by atoms with E-state index in [0.717, 1.165) is 0 Å². The van der Waals surface area contributed by atoms with E-state index in [4.69, 9.17) is 21.1 Å². The van der Waals surface area contributed by atoms with Crippen LogP contribution in [-0.2, 0) is 19.1 Å². The second kappa shape index (κ2) is 8.71. The molecule has 0 aliphatic carbocycles. The molecule has 0 spiro atoms. The fourth-order valence-electron chi connectivity index (χ4n) is 2.87. The number of benzene rings is 1. The Kier molecular flexibility index (Phi) is 6.10. The van der Waals surface area contributed by atoms with Crippen LogP contribution in [0.3, 0.4) is 0 Å². The third-order valence-electron chi connectivity index (χ3n) is 4.21. The average Bonchev–Trinajstić information content (AvgIpc) is 3.09. The van der Waals surface area contributed by atoms with E-state index in [1.165, 1.54) is 18.2 Å². The highest BCUT2D eigenvalue weighted by atomic mass is 35.5. The van der Waals surface area contributed by atoms with E-state index in [1.54, 1.807) is 36.4 Å². The lowest BCUT2D eigenvalue weighted by Crippen LogP contribution is -2.28. The van der Waals surface area contributed by atoms with Crippen molar-refractivity contribution in [1.82, 2.24) is 4.98 Å². The van der Waals surface area contributed by atoms with Crippen molar-refractivity contribution in [3.63, 3.8) is 0 Å². The summed E-state index contributed by atoms with van der Waals surface area (Å²) in [6, 6.07) is 10.3. The fourth-order valence-corrected chi connectivity index (χ4v) is 3.04. The number of ether oxygens (including phenoxy) is 2. The lowest BCUT2D eigenvalue weighted by molar-refractivity contribution is -0.151. The molecular formula is C19H18ClN3O5. The number of aromatic nitrogens is 1. The Balaban J connectivity index is 1.56. The van der Waals surface area contributed by atoms with Crippen LogP contribution in [0.2, 0.25) is 5.15 Å². The SMILES string of the molecule is COc1ccccc1N1C[C@H](C(=O)OCC(=O)Nc2cccnc2Cl)CC1=O. The zero-order chi connectivity index (χ0) is 20.1. The molecule has 1 aromatic carbocycles. The minimum atomic E-state index is -0.660. The number of hydrogen-bond donors (Lipinski definition) is 1. The van der Waals surface area contributed by atoms with Gasteiger partial charge in [0, 0.05) is 19.2 Å². The number of rotatable bonds is 6. The van der Waals surface area contributed by atoms with Crippen LogP contribution in [0, 0.1) is 5.92 Å². The molecule has 28 heavy (non-hydrogen) atoms. The maximum atomic E-state index is 12.3. The van der Waals surface area contributed by atoms with E-state index >= 15 is 0 Å². The van der Waals surface area contributed by atoms with Crippen LogP contribution >= 0.6 is 11.6 Å². The van der Waals surface area contributed by atoms with Gasteiger partial charge in [-0.05, 0) is 24.3 Å². The summed E-state index contributed by atoms with van der Waals surface area (Å²) < 4.78 is 10.3. The summed E-state index contributed by atoms with van der Waals surface area (Å²) in [5, 5.41) is 2.65. The van der Waals surface area contributed by atoms with E-state index in [2.05, 4.69) is 10.3 Å². The lowest BCUT2D eigenvalue weighted by atomic mass is 10.1. The second-order valence-electron chi connectivity index (χ2n) is 6.07. The highest BCUT2D eigenvalue weighted by Crippen LogP contribution is 2.33. The average molecular weight is 404 g/mol. The highest BCUT2D eigenvalue weighted by molar-refractivity contribution is 6.32. The molecule has 2 amide bonds. The zero-order valence-corrected chi connectivity index (χ0v) is 15.8. The number of amides is 2. The second-order valence-corrected chi connectivity index (χ2v) is 6.43. The Morgan fingerprint density at radius 3 is 2.82 bits per heavy atom. The van der Waals surface area contributed by atoms with E-state index in [-0.39, 0.29) is 24.0 Å². The van der Waals surface area contributed by atoms with E-state index < -0.39 is 24.4 Å². The van der Waals surface area contributed by atoms with Crippen LogP contribution in [0.15, 0.2) is 42.6 Å². The number of methoxy groups -OCH3 is 1. The largest absolute Gasteiger partial charge is 0.495 e. The van der Waals surface area contributed by atoms with Crippen molar-refractivity contribution in [3.8, 4) is 5.75 Å². The van der Waals surface area contributed by atoms with Crippen molar-refractivity contribution in [3.05, 3.63) is 47.7 Å². The summed E-state index contributed by atoms with van der Waals surface area (Å²) in [5.41, 5.74) is 0.915. The quantitative estimate of drug-likeness (QED) is 0.587. The third-order valence-corrected chi connectivity index (χ3v) is 4.51. The Bertz CT molecular complexity index is 905. The van der Waals surface area contributed by atoms with Crippen LogP contribution in [-0.4, -0.2) is 43.0 Å². The van der Waals surface area contributed by atoms with Gasteiger partial charge in [0.05, 0.1) is 24.4 Å². The van der Waals surface area contributed by atoms with E-state index in [9.17, 15) is 14.4 Å². The Morgan fingerprint density at radius 1 is 1.29 bits per heavy atom. The zero-order valence-electron chi connectivity index (χ0n) is 15.1. The first-order chi connectivity index (χ1) is 13.5. The Morgan fingerprint density at radius 2 is 2.07 bits per heavy atom. The molecule has 2 heterocycles. The van der Waals surface area contributed by atoms with Gasteiger partial charge in [-0.2, -0.15) is 0 Å². The van der Waals surface area contributed by atoms with Crippen molar-refractivity contribution < 1.29 is 23.9 Å². The van der Waals surface area contributed by atoms with Gasteiger partial charge in [-0.15, -0.1) is 0 Å². The normalized spacial score (nSPS) is 16.0. The van der Waals surface area contributed by atoms with Gasteiger partial charge in [0.2, 0.25) is 5.91 Å². The number of pyridine rings is 1. The predicted octanol–water partition coefficient (Wildman–Crippen LogP) is 2.28. The number of para-hydroxylation sites is 2. The molecule has 1 aliphatic rings. The molecule has 3 rings (SSSR count). The van der Waals surface area contributed by atoms with Crippen LogP contribution in [0.5, 0.6) is 5.75 Å². The molecule has 0 bridgehead atoms. The standard InChI is InChI=1S/C19H18ClN3O5/c1-27-15-7-3-2-6-14(15)23-10-12(9-17(23)25)19(26)28-11-16(24)22-13-5-4-8-21-18(13)20/h2-8,12H,9-11H2,1H3,(H,22,24)/t12-/m1/s1. The first kappa shape index (κ1) is 19.6. The topological polar surface area (TPSA) is 97.8 Å². The summed E-state index contributed by atoms with van der Waals surface area (Å²) in [4.78, 5) is 41.9. The fraction of sp³-hybridized carbons (Fsp3) is 0.263. The van der Waals surface area contributed by atoms with Gasteiger partial charge in [-0.3, -0.25) is 14.4 Å². The molecule has 146 valence electrons. The smallest absolute Gasteiger partial charge is 0.311 e. The maximum Gasteiger partial charge on any atom is 0.311 e. The first-order valence-electron chi connectivity index (χ1n) is 8.50. The van der Waals surface area contributed by atoms with Gasteiger partial charge >= 0.3 is 5.97 Å². The number of anilines is 2. The van der Waals surface area contributed by atoms with Gasteiger partial charge in [0.15, 0.2) is 11.8 Å². The Hall–Kier alpha value is -3.13. The number of nitrogens with zero attached hydrogens (tertiary/aromatic N) is 2. The molecule has 1 saturated heterocycles. The summed E-state index contributed by atoms with van der Waals surface area (Å²) in [6.45, 7) is -0.322. The Labute approximate surface area is 166 Å². The van der Waals surface area contributed by atoms with Crippen molar-refractivity contribution in [2.45, 2.75) is 6.42 Å². The van der Waals surface area contributed by atoms with E-state index in [0.29, 0.717) is 17.1 Å². The van der Waals surface area contributed by atoms with Crippen LogP contribution in [0.25, 0.3) is 0 Å². The predicted molar refractivity (Wildman–Crippen MR) is 102 cm³/mol. The third kappa shape index (κ3) is 4.40. The minimum absolute atomic E-state index is 0.00688. The molecule has 9 heteroatoms. The molecule has 1 atom stereocenters. The minimum Gasteiger partial charge on any atom is -0.495 e. The van der Waals surface area contributed by atoms with Crippen LogP contribution < -0.4 is 15.0 Å². The highest BCUT2D eigenvalue weighted by Gasteiger charge is 2.37. The van der Waals surface area contributed by atoms with Gasteiger partial charge in [-0.25, -0.2) is 4.98 Å². The molecule has 2 aromatic rings. The molecule has 0 saturated carbocycles. The van der Waals surface area contributed by atoms with Crippen LogP contribution in [0.4, 0.5) is 11.4 Å². The summed E-state index contributed by atoms with van der Waals surface area (Å²) in [5.74, 6) is -1.49. The molecule has 0 radical (unpaired) electrons. The van der Waals surface area contributed by atoms with Gasteiger partial charge in [0.1, 0.15) is 5.75 Å². The van der Waals surface area contributed by atoms with Gasteiger partial charge in [0.25, 0.3) is 5.91 Å². The molecule has 1 fully saturated rings. The number of halogens is 1. The molecule has 1 N–H and O–H groups in total. The summed E-state index contributed by atoms with van der Waals surface area (Å²) >= 11 is 5.86. The first-order valence-corrected chi connectivity index (χ1v) is 8.87. The summed E-state index contributed by atoms with van der Waals surface area (Å²) in [7, 11) is 1.51. The number of carbonyl (C=O) groups is 3. The number of esters is 1. The monoisotopic (exact) mass is 403 g/mol. The maximum absolute atomic E-state index is 12.3. The molecule has 8 nitrogen and oxygen atoms in total. The van der Waals surface area contributed by atoms with Crippen molar-refractivity contribution in [1.29, 1.82) is 0 Å². The number of nitrogens with one attached hydrogen (secondary N) is 1. The van der Waals surface area contributed by atoms with E-state index in [1.807, 2.05) is 0 Å². The number of carbonyl (C=O) groups excluding carboxylic acids is 3. The van der Waals surface area contributed by atoms with Crippen molar-refractivity contribution in [2.75, 3.05) is 30.5 Å². The lowest BCUT2D eigenvalue weighted by Gasteiger charge is -2.19. The van der Waals surface area contributed by atoms with Crippen LogP contribution in [0.1, 0.15) is 6.42 Å². The molecular weight excluding hydrogens is 386 g/mol. The van der Waals surface area contributed by atoms with Gasteiger partial charge < -0.3 is 19.7 Å². The molecule has 1 aliphatic heterocycles. The number of hydrogen-bond acceptors (Lipinski definition) is 6. The van der Waals surface area contributed by atoms with Gasteiger partial charge in [-0.1, -0.05) is 23.7 Å². The summed E-state index contributed by atoms with van der Waals surface area (Å²) in [6.07, 6.45) is 1.50. The van der Waals surface area contributed by atoms with Crippen molar-refractivity contribution in [2.24, 2.45) is 5.92 Å². The molecule has 0 unspecified atom stereocenters.